The van der Waals surface area contributed by atoms with E-state index in [2.05, 4.69) is 45.5 Å². The molecule has 0 amide bonds. The van der Waals surface area contributed by atoms with E-state index in [-0.39, 0.29) is 24.0 Å². The molecule has 2 aliphatic rings. The summed E-state index contributed by atoms with van der Waals surface area (Å²) < 4.78 is 5.93. The van der Waals surface area contributed by atoms with Crippen LogP contribution in [-0.2, 0) is 4.74 Å². The molecule has 1 aliphatic heterocycles. The van der Waals surface area contributed by atoms with Crippen LogP contribution in [0, 0.1) is 0 Å². The van der Waals surface area contributed by atoms with Gasteiger partial charge in [0.05, 0.1) is 6.10 Å². The summed E-state index contributed by atoms with van der Waals surface area (Å²) in [6.07, 6.45) is 7.96. The van der Waals surface area contributed by atoms with E-state index in [1.807, 2.05) is 7.05 Å². The van der Waals surface area contributed by atoms with Gasteiger partial charge in [-0.1, -0.05) is 43.2 Å². The van der Waals surface area contributed by atoms with Gasteiger partial charge < -0.3 is 15.0 Å². The highest BCUT2D eigenvalue weighted by Gasteiger charge is 2.25. The quantitative estimate of drug-likeness (QED) is 0.304. The molecule has 1 aliphatic carbocycles. The molecule has 1 atom stereocenters. The number of hydrogen-bond acceptors (Lipinski definition) is 2. The minimum Gasteiger partial charge on any atom is -0.378 e. The van der Waals surface area contributed by atoms with Crippen molar-refractivity contribution in [3.8, 4) is 0 Å². The van der Waals surface area contributed by atoms with Crippen molar-refractivity contribution in [2.75, 3.05) is 33.3 Å². The number of halogens is 1. The Balaban J connectivity index is 0.00000225. The van der Waals surface area contributed by atoms with Crippen LogP contribution in [-0.4, -0.2) is 50.3 Å². The topological polar surface area (TPSA) is 36.9 Å². The first-order valence-electron chi connectivity index (χ1n) is 9.49. The number of guanidine groups is 1. The summed E-state index contributed by atoms with van der Waals surface area (Å²) in [4.78, 5) is 6.85. The number of hydrogen-bond donors (Lipinski definition) is 1. The van der Waals surface area contributed by atoms with Crippen LogP contribution >= 0.6 is 24.0 Å². The van der Waals surface area contributed by atoms with Crippen molar-refractivity contribution in [2.24, 2.45) is 4.99 Å². The third-order valence-electron chi connectivity index (χ3n) is 5.23. The molecule has 1 N–H and O–H groups in total. The van der Waals surface area contributed by atoms with Gasteiger partial charge >= 0.3 is 0 Å². The van der Waals surface area contributed by atoms with Crippen molar-refractivity contribution in [1.29, 1.82) is 0 Å². The van der Waals surface area contributed by atoms with Crippen LogP contribution in [0.1, 0.15) is 50.0 Å². The van der Waals surface area contributed by atoms with E-state index in [1.54, 1.807) is 0 Å². The number of nitrogens with one attached hydrogen (secondary N) is 1. The van der Waals surface area contributed by atoms with Gasteiger partial charge in [0.25, 0.3) is 0 Å². The van der Waals surface area contributed by atoms with Gasteiger partial charge in [0.1, 0.15) is 0 Å². The molecule has 0 aromatic heterocycles. The molecule has 0 bridgehead atoms. The predicted octanol–water partition coefficient (Wildman–Crippen LogP) is 4.02. The van der Waals surface area contributed by atoms with E-state index < -0.39 is 0 Å². The molecule has 0 spiro atoms. The monoisotopic (exact) mass is 457 g/mol. The summed E-state index contributed by atoms with van der Waals surface area (Å²) in [5, 5.41) is 3.50. The molecule has 3 rings (SSSR count). The Morgan fingerprint density at radius 2 is 1.96 bits per heavy atom. The maximum atomic E-state index is 5.93. The average Bonchev–Trinajstić information content (AvgIpc) is 3.31. The van der Waals surface area contributed by atoms with Crippen LogP contribution in [0.4, 0.5) is 0 Å². The van der Waals surface area contributed by atoms with E-state index in [9.17, 15) is 0 Å². The molecule has 1 aromatic rings. The molecule has 5 heteroatoms. The summed E-state index contributed by atoms with van der Waals surface area (Å²) in [5.74, 6) is 1.66. The van der Waals surface area contributed by atoms with Crippen LogP contribution < -0.4 is 5.32 Å². The lowest BCUT2D eigenvalue weighted by Crippen LogP contribution is -2.40. The molecule has 140 valence electrons. The van der Waals surface area contributed by atoms with Crippen molar-refractivity contribution in [2.45, 2.75) is 50.5 Å². The number of likely N-dealkylation sites (tertiary alicyclic amines) is 1. The molecule has 1 unspecified atom stereocenters. The zero-order valence-corrected chi connectivity index (χ0v) is 17.7. The molecule has 0 radical (unpaired) electrons. The molecule has 4 nitrogen and oxygen atoms in total. The largest absolute Gasteiger partial charge is 0.378 e. The van der Waals surface area contributed by atoms with Gasteiger partial charge in [0.15, 0.2) is 5.96 Å². The minimum atomic E-state index is 0. The molecular weight excluding hydrogens is 425 g/mol. The van der Waals surface area contributed by atoms with E-state index >= 15 is 0 Å². The van der Waals surface area contributed by atoms with Gasteiger partial charge in [0.2, 0.25) is 0 Å². The lowest BCUT2D eigenvalue weighted by Gasteiger charge is -2.22. The third kappa shape index (κ3) is 6.13. The number of rotatable bonds is 6. The van der Waals surface area contributed by atoms with E-state index in [1.165, 1.54) is 37.7 Å². The molecule has 2 fully saturated rings. The SMILES string of the molecule is CN=C(NCCCOC1CCCC1)N1CCC(c2ccccc2)C1.I. The van der Waals surface area contributed by atoms with Crippen molar-refractivity contribution in [3.05, 3.63) is 35.9 Å². The average molecular weight is 457 g/mol. The number of ether oxygens (including phenoxy) is 1. The summed E-state index contributed by atoms with van der Waals surface area (Å²) in [7, 11) is 1.88. The Hall–Kier alpha value is -0.820. The summed E-state index contributed by atoms with van der Waals surface area (Å²) in [5.41, 5.74) is 1.44. The van der Waals surface area contributed by atoms with Crippen LogP contribution in [0.2, 0.25) is 0 Å². The first-order valence-corrected chi connectivity index (χ1v) is 9.49. The molecular formula is C20H32IN3O. The summed E-state index contributed by atoms with van der Waals surface area (Å²) in [6.45, 7) is 3.94. The maximum Gasteiger partial charge on any atom is 0.193 e. The van der Waals surface area contributed by atoms with Crippen molar-refractivity contribution in [3.63, 3.8) is 0 Å². The van der Waals surface area contributed by atoms with E-state index in [0.29, 0.717) is 12.0 Å². The first kappa shape index (κ1) is 20.5. The summed E-state index contributed by atoms with van der Waals surface area (Å²) >= 11 is 0. The zero-order chi connectivity index (χ0) is 16.6. The minimum absolute atomic E-state index is 0. The van der Waals surface area contributed by atoms with E-state index in [0.717, 1.165) is 38.6 Å². The van der Waals surface area contributed by atoms with Gasteiger partial charge in [-0.15, -0.1) is 24.0 Å². The second-order valence-electron chi connectivity index (χ2n) is 6.95. The van der Waals surface area contributed by atoms with Crippen LogP contribution in [0.15, 0.2) is 35.3 Å². The Morgan fingerprint density at radius 3 is 2.68 bits per heavy atom. The van der Waals surface area contributed by atoms with Crippen molar-refractivity contribution in [1.82, 2.24) is 10.2 Å². The van der Waals surface area contributed by atoms with Crippen molar-refractivity contribution >= 4 is 29.9 Å². The second-order valence-corrected chi connectivity index (χ2v) is 6.95. The first-order chi connectivity index (χ1) is 11.9. The molecule has 1 saturated heterocycles. The lowest BCUT2D eigenvalue weighted by molar-refractivity contribution is 0.0573. The number of nitrogens with zero attached hydrogens (tertiary/aromatic N) is 2. The molecule has 1 heterocycles. The van der Waals surface area contributed by atoms with E-state index in [4.69, 9.17) is 4.74 Å². The number of aliphatic imine (C=N–C) groups is 1. The van der Waals surface area contributed by atoms with Gasteiger partial charge in [-0.05, 0) is 31.2 Å². The normalized spacial score (nSPS) is 21.4. The van der Waals surface area contributed by atoms with Crippen LogP contribution in [0.25, 0.3) is 0 Å². The highest BCUT2D eigenvalue weighted by molar-refractivity contribution is 14.0. The van der Waals surface area contributed by atoms with Gasteiger partial charge in [-0.25, -0.2) is 0 Å². The van der Waals surface area contributed by atoms with Crippen LogP contribution in [0.5, 0.6) is 0 Å². The molecule has 25 heavy (non-hydrogen) atoms. The maximum absolute atomic E-state index is 5.93. The fourth-order valence-electron chi connectivity index (χ4n) is 3.86. The highest BCUT2D eigenvalue weighted by atomic mass is 127. The standard InChI is InChI=1S/C20H31N3O.HI/c1-21-20(22-13-7-15-24-19-10-5-6-11-19)23-14-12-18(16-23)17-8-3-2-4-9-17;/h2-4,8-9,18-19H,5-7,10-16H2,1H3,(H,21,22);1H. The van der Waals surface area contributed by atoms with Gasteiger partial charge in [-0.3, -0.25) is 4.99 Å². The Bertz CT molecular complexity index is 517. The zero-order valence-electron chi connectivity index (χ0n) is 15.3. The Kier molecular flexibility index (Phi) is 9.03. The van der Waals surface area contributed by atoms with Crippen LogP contribution in [0.3, 0.4) is 0 Å². The molecule has 1 saturated carbocycles. The predicted molar refractivity (Wildman–Crippen MR) is 115 cm³/mol. The van der Waals surface area contributed by atoms with Gasteiger partial charge in [0, 0.05) is 39.2 Å². The summed E-state index contributed by atoms with van der Waals surface area (Å²) in [6, 6.07) is 10.8. The van der Waals surface area contributed by atoms with Crippen molar-refractivity contribution < 1.29 is 4.74 Å². The fourth-order valence-corrected chi connectivity index (χ4v) is 3.86. The fraction of sp³-hybridized carbons (Fsp3) is 0.650. The Morgan fingerprint density at radius 1 is 1.20 bits per heavy atom. The second kappa shape index (κ2) is 11.0. The lowest BCUT2D eigenvalue weighted by atomic mass is 9.99. The van der Waals surface area contributed by atoms with Gasteiger partial charge in [-0.2, -0.15) is 0 Å². The third-order valence-corrected chi connectivity index (χ3v) is 5.23. The molecule has 1 aromatic carbocycles. The highest BCUT2D eigenvalue weighted by Crippen LogP contribution is 2.26. The number of benzene rings is 1. The Labute approximate surface area is 169 Å². The smallest absolute Gasteiger partial charge is 0.193 e.